The van der Waals surface area contributed by atoms with Crippen LogP contribution in [0.5, 0.6) is 5.88 Å². The number of hydrogen-bond donors (Lipinski definition) is 1. The van der Waals surface area contributed by atoms with Crippen LogP contribution in [0.3, 0.4) is 0 Å². The first-order valence-electron chi connectivity index (χ1n) is 10.5. The Morgan fingerprint density at radius 3 is 2.72 bits per heavy atom. The molecule has 4 rings (SSSR count). The summed E-state index contributed by atoms with van der Waals surface area (Å²) in [6.07, 6.45) is 3.06. The van der Waals surface area contributed by atoms with Crippen molar-refractivity contribution in [2.45, 2.75) is 32.9 Å². The van der Waals surface area contributed by atoms with Crippen molar-refractivity contribution in [3.05, 3.63) is 42.7 Å². The van der Waals surface area contributed by atoms with Crippen molar-refractivity contribution in [1.82, 2.24) is 19.9 Å². The SMILES string of the molecule is CC(=O)N1CCO[C@H](COc2nc(-c3ccc(NC(C)C)cc3)cc3nccnc23)C1.S. The Morgan fingerprint density at radius 2 is 2.00 bits per heavy atom. The van der Waals surface area contributed by atoms with Crippen LogP contribution in [0.25, 0.3) is 22.3 Å². The second-order valence-corrected chi connectivity index (χ2v) is 7.88. The van der Waals surface area contributed by atoms with Crippen LogP contribution in [0.15, 0.2) is 42.7 Å². The van der Waals surface area contributed by atoms with E-state index in [9.17, 15) is 4.79 Å². The Kier molecular flexibility index (Phi) is 7.87. The molecule has 0 radical (unpaired) electrons. The first kappa shape index (κ1) is 23.7. The summed E-state index contributed by atoms with van der Waals surface area (Å²) in [5.74, 6) is 0.452. The number of morpholine rings is 1. The summed E-state index contributed by atoms with van der Waals surface area (Å²) in [7, 11) is 0. The quantitative estimate of drug-likeness (QED) is 0.610. The molecule has 0 unspecified atom stereocenters. The minimum absolute atomic E-state index is 0. The van der Waals surface area contributed by atoms with Crippen LogP contribution in [0.1, 0.15) is 20.8 Å². The lowest BCUT2D eigenvalue weighted by molar-refractivity contribution is -0.137. The molecule has 32 heavy (non-hydrogen) atoms. The second kappa shape index (κ2) is 10.6. The summed E-state index contributed by atoms with van der Waals surface area (Å²) in [5.41, 5.74) is 4.09. The third-order valence-corrected chi connectivity index (χ3v) is 5.05. The Bertz CT molecular complexity index is 1060. The first-order chi connectivity index (χ1) is 15.0. The topological polar surface area (TPSA) is 89.5 Å². The van der Waals surface area contributed by atoms with Crippen molar-refractivity contribution < 1.29 is 14.3 Å². The number of fused-ring (bicyclic) bond motifs is 1. The maximum Gasteiger partial charge on any atom is 0.242 e. The molecule has 0 aliphatic carbocycles. The van der Waals surface area contributed by atoms with E-state index >= 15 is 0 Å². The molecule has 1 saturated heterocycles. The predicted octanol–water partition coefficient (Wildman–Crippen LogP) is 3.25. The Hall–Kier alpha value is -2.91. The van der Waals surface area contributed by atoms with E-state index in [-0.39, 0.29) is 32.1 Å². The van der Waals surface area contributed by atoms with Gasteiger partial charge in [-0.25, -0.2) is 9.97 Å². The van der Waals surface area contributed by atoms with Gasteiger partial charge < -0.3 is 19.7 Å². The van der Waals surface area contributed by atoms with E-state index in [1.807, 2.05) is 30.3 Å². The van der Waals surface area contributed by atoms with Gasteiger partial charge in [0.1, 0.15) is 12.7 Å². The van der Waals surface area contributed by atoms with E-state index in [1.165, 1.54) is 0 Å². The number of carbonyl (C=O) groups is 1. The lowest BCUT2D eigenvalue weighted by Crippen LogP contribution is -2.46. The van der Waals surface area contributed by atoms with Crippen LogP contribution >= 0.6 is 13.5 Å². The number of nitrogens with zero attached hydrogens (tertiary/aromatic N) is 4. The highest BCUT2D eigenvalue weighted by molar-refractivity contribution is 7.59. The summed E-state index contributed by atoms with van der Waals surface area (Å²) in [4.78, 5) is 27.0. The molecular formula is C23H29N5O3S. The largest absolute Gasteiger partial charge is 0.473 e. The lowest BCUT2D eigenvalue weighted by atomic mass is 10.1. The number of amides is 1. The maximum atomic E-state index is 11.7. The van der Waals surface area contributed by atoms with E-state index in [0.29, 0.717) is 42.7 Å². The molecule has 9 heteroatoms. The summed E-state index contributed by atoms with van der Waals surface area (Å²) >= 11 is 0. The molecule has 3 aromatic rings. The monoisotopic (exact) mass is 455 g/mol. The molecule has 1 aliphatic rings. The smallest absolute Gasteiger partial charge is 0.242 e. The molecule has 1 N–H and O–H groups in total. The van der Waals surface area contributed by atoms with Crippen molar-refractivity contribution in [2.75, 3.05) is 31.6 Å². The fourth-order valence-corrected chi connectivity index (χ4v) is 3.54. The Balaban J connectivity index is 0.00000289. The highest BCUT2D eigenvalue weighted by Crippen LogP contribution is 2.28. The third-order valence-electron chi connectivity index (χ3n) is 5.05. The molecule has 1 aromatic carbocycles. The summed E-state index contributed by atoms with van der Waals surface area (Å²) in [6, 6.07) is 10.4. The number of pyridine rings is 1. The van der Waals surface area contributed by atoms with Gasteiger partial charge in [0.2, 0.25) is 11.8 Å². The number of anilines is 1. The number of carbonyl (C=O) groups excluding carboxylic acids is 1. The van der Waals surface area contributed by atoms with Gasteiger partial charge in [0.05, 0.1) is 24.4 Å². The molecule has 170 valence electrons. The Labute approximate surface area is 194 Å². The van der Waals surface area contributed by atoms with Gasteiger partial charge in [-0.05, 0) is 32.0 Å². The van der Waals surface area contributed by atoms with Crippen LogP contribution in [-0.4, -0.2) is 64.2 Å². The molecule has 1 aliphatic heterocycles. The van der Waals surface area contributed by atoms with E-state index in [1.54, 1.807) is 24.2 Å². The van der Waals surface area contributed by atoms with Gasteiger partial charge in [0, 0.05) is 43.2 Å². The molecule has 0 bridgehead atoms. The van der Waals surface area contributed by atoms with E-state index in [4.69, 9.17) is 14.5 Å². The zero-order chi connectivity index (χ0) is 21.8. The van der Waals surface area contributed by atoms with Gasteiger partial charge in [-0.1, -0.05) is 12.1 Å². The van der Waals surface area contributed by atoms with Gasteiger partial charge in [0.15, 0.2) is 5.52 Å². The Morgan fingerprint density at radius 1 is 1.25 bits per heavy atom. The van der Waals surface area contributed by atoms with E-state index in [0.717, 1.165) is 16.9 Å². The minimum Gasteiger partial charge on any atom is -0.473 e. The standard InChI is InChI=1S/C23H27N5O3.H2S/c1-15(2)26-18-6-4-17(5-7-18)20-12-21-22(25-9-8-24-21)23(27-20)31-14-19-13-28(16(3)29)10-11-30-19;/h4-9,12,15,19,26H,10-11,13-14H2,1-3H3;1H2/t19-;/m0./s1. The van der Waals surface area contributed by atoms with Gasteiger partial charge in [-0.15, -0.1) is 0 Å². The van der Waals surface area contributed by atoms with Crippen LogP contribution in [0, 0.1) is 0 Å². The molecule has 1 fully saturated rings. The molecule has 2 aromatic heterocycles. The second-order valence-electron chi connectivity index (χ2n) is 7.88. The van der Waals surface area contributed by atoms with Crippen LogP contribution < -0.4 is 10.1 Å². The highest BCUT2D eigenvalue weighted by atomic mass is 32.1. The van der Waals surface area contributed by atoms with Gasteiger partial charge in [-0.3, -0.25) is 9.78 Å². The molecule has 0 saturated carbocycles. The molecule has 3 heterocycles. The fraction of sp³-hybridized carbons (Fsp3) is 0.391. The van der Waals surface area contributed by atoms with E-state index in [2.05, 4.69) is 29.1 Å². The van der Waals surface area contributed by atoms with Crippen LogP contribution in [-0.2, 0) is 9.53 Å². The summed E-state index contributed by atoms with van der Waals surface area (Å²) in [6.45, 7) is 7.67. The predicted molar refractivity (Wildman–Crippen MR) is 129 cm³/mol. The number of ether oxygens (including phenoxy) is 2. The molecule has 1 atom stereocenters. The van der Waals surface area contributed by atoms with Crippen LogP contribution in [0.2, 0.25) is 0 Å². The van der Waals surface area contributed by atoms with E-state index < -0.39 is 0 Å². The molecular weight excluding hydrogens is 426 g/mol. The normalized spacial score (nSPS) is 16.0. The van der Waals surface area contributed by atoms with Crippen molar-refractivity contribution in [1.29, 1.82) is 0 Å². The third kappa shape index (κ3) is 5.66. The van der Waals surface area contributed by atoms with Crippen molar-refractivity contribution in [3.8, 4) is 17.1 Å². The molecule has 0 spiro atoms. The van der Waals surface area contributed by atoms with Gasteiger partial charge in [0.25, 0.3) is 0 Å². The first-order valence-corrected chi connectivity index (χ1v) is 10.5. The highest BCUT2D eigenvalue weighted by Gasteiger charge is 2.23. The number of aromatic nitrogens is 3. The lowest BCUT2D eigenvalue weighted by Gasteiger charge is -2.32. The number of benzene rings is 1. The fourth-order valence-electron chi connectivity index (χ4n) is 3.54. The summed E-state index contributed by atoms with van der Waals surface area (Å²) in [5, 5.41) is 3.38. The summed E-state index contributed by atoms with van der Waals surface area (Å²) < 4.78 is 11.8. The molecule has 8 nitrogen and oxygen atoms in total. The maximum absolute atomic E-state index is 11.7. The number of rotatable bonds is 6. The average molecular weight is 456 g/mol. The minimum atomic E-state index is -0.212. The zero-order valence-electron chi connectivity index (χ0n) is 18.5. The van der Waals surface area contributed by atoms with Crippen LogP contribution in [0.4, 0.5) is 5.69 Å². The van der Waals surface area contributed by atoms with Crippen molar-refractivity contribution >= 4 is 36.1 Å². The average Bonchev–Trinajstić information content (AvgIpc) is 2.77. The number of nitrogens with one attached hydrogen (secondary N) is 1. The van der Waals surface area contributed by atoms with Crippen molar-refractivity contribution in [2.24, 2.45) is 0 Å². The van der Waals surface area contributed by atoms with Crippen molar-refractivity contribution in [3.63, 3.8) is 0 Å². The zero-order valence-corrected chi connectivity index (χ0v) is 19.5. The molecule has 1 amide bonds. The number of hydrogen-bond acceptors (Lipinski definition) is 7. The van der Waals surface area contributed by atoms with Gasteiger partial charge in [-0.2, -0.15) is 13.5 Å². The van der Waals surface area contributed by atoms with Gasteiger partial charge >= 0.3 is 0 Å².